The number of ether oxygens (including phenoxy) is 2. The number of pyridine rings is 1. The van der Waals surface area contributed by atoms with Crippen LogP contribution in [0, 0.1) is 0 Å². The molecule has 10 nitrogen and oxygen atoms in total. The van der Waals surface area contributed by atoms with Gasteiger partial charge in [0.15, 0.2) is 5.52 Å². The lowest BCUT2D eigenvalue weighted by Crippen LogP contribution is -2.16. The Hall–Kier alpha value is -3.43. The molecule has 0 amide bonds. The summed E-state index contributed by atoms with van der Waals surface area (Å²) in [6.45, 7) is 4.49. The number of aryl methyl sites for hydroxylation is 2. The van der Waals surface area contributed by atoms with Crippen LogP contribution in [0.25, 0.3) is 22.4 Å². The number of aromatic nitrogens is 5. The molecule has 0 aliphatic carbocycles. The second kappa shape index (κ2) is 9.38. The summed E-state index contributed by atoms with van der Waals surface area (Å²) in [5.41, 5.74) is 2.55. The zero-order chi connectivity index (χ0) is 21.7. The van der Waals surface area contributed by atoms with E-state index in [-0.39, 0.29) is 12.1 Å². The van der Waals surface area contributed by atoms with E-state index in [0.717, 1.165) is 18.5 Å². The molecule has 0 aliphatic heterocycles. The van der Waals surface area contributed by atoms with Gasteiger partial charge in [0.1, 0.15) is 17.9 Å². The van der Waals surface area contributed by atoms with Crippen LogP contribution >= 0.6 is 0 Å². The first kappa shape index (κ1) is 21.3. The Bertz CT molecular complexity index is 1100. The minimum atomic E-state index is -0.407. The monoisotopic (exact) mass is 414 g/mol. The lowest BCUT2D eigenvalue weighted by molar-refractivity contribution is -0.138. The topological polar surface area (TPSA) is 124 Å². The highest BCUT2D eigenvalue weighted by molar-refractivity contribution is 5.80. The van der Waals surface area contributed by atoms with Gasteiger partial charge in [0.25, 0.3) is 5.56 Å². The maximum absolute atomic E-state index is 12.8. The lowest BCUT2D eigenvalue weighted by atomic mass is 10.2. The summed E-state index contributed by atoms with van der Waals surface area (Å²) in [4.78, 5) is 36.1. The molecule has 0 bridgehead atoms. The Morgan fingerprint density at radius 3 is 2.80 bits per heavy atom. The minimum absolute atomic E-state index is 0.0149. The van der Waals surface area contributed by atoms with Gasteiger partial charge in [0.2, 0.25) is 5.88 Å². The van der Waals surface area contributed by atoms with Crippen LogP contribution in [0.15, 0.2) is 17.1 Å². The number of carbonyl (C=O) groups is 1. The molecule has 0 spiro atoms. The molecule has 0 saturated heterocycles. The number of esters is 1. The Balaban J connectivity index is 2.11. The molecule has 0 radical (unpaired) electrons. The highest BCUT2D eigenvalue weighted by Gasteiger charge is 2.18. The van der Waals surface area contributed by atoms with Crippen molar-refractivity contribution in [3.05, 3.63) is 28.3 Å². The fourth-order valence-corrected chi connectivity index (χ4v) is 3.06. The Morgan fingerprint density at radius 1 is 1.30 bits per heavy atom. The van der Waals surface area contributed by atoms with Crippen LogP contribution in [-0.2, 0) is 23.0 Å². The van der Waals surface area contributed by atoms with Gasteiger partial charge in [-0.2, -0.15) is 5.10 Å². The van der Waals surface area contributed by atoms with Crippen LogP contribution in [0.1, 0.15) is 32.4 Å². The standard InChI is InChI=1S/C20H26N6O4/c1-5-7-14-16-17(26(3)25-14)19(28)24-18(23-16)13-9-12(21-11-15(27)29-4)10-22-20(13)30-8-6-2/h9-10,21H,5-8,11H2,1-4H3,(H,23,24,28). The second-order valence-electron chi connectivity index (χ2n) is 6.79. The van der Waals surface area contributed by atoms with Crippen molar-refractivity contribution in [1.29, 1.82) is 0 Å². The van der Waals surface area contributed by atoms with Crippen LogP contribution < -0.4 is 15.6 Å². The van der Waals surface area contributed by atoms with Gasteiger partial charge in [-0.25, -0.2) is 9.97 Å². The van der Waals surface area contributed by atoms with Crippen LogP contribution in [-0.4, -0.2) is 51.0 Å². The van der Waals surface area contributed by atoms with E-state index in [1.54, 1.807) is 24.0 Å². The molecule has 3 aromatic rings. The first-order valence-corrected chi connectivity index (χ1v) is 9.88. The van der Waals surface area contributed by atoms with E-state index in [1.165, 1.54) is 7.11 Å². The fraction of sp³-hybridized carbons (Fsp3) is 0.450. The molecular formula is C20H26N6O4. The normalized spacial score (nSPS) is 10.9. The number of nitrogens with zero attached hydrogens (tertiary/aromatic N) is 4. The molecule has 10 heteroatoms. The third kappa shape index (κ3) is 4.42. The second-order valence-corrected chi connectivity index (χ2v) is 6.79. The van der Waals surface area contributed by atoms with Crippen LogP contribution in [0.4, 0.5) is 5.69 Å². The predicted octanol–water partition coefficient (Wildman–Crippen LogP) is 2.04. The third-order valence-corrected chi connectivity index (χ3v) is 4.46. The van der Waals surface area contributed by atoms with Crippen molar-refractivity contribution in [3.63, 3.8) is 0 Å². The Labute approximate surface area is 173 Å². The maximum Gasteiger partial charge on any atom is 0.325 e. The predicted molar refractivity (Wildman–Crippen MR) is 113 cm³/mol. The number of hydrogen-bond donors (Lipinski definition) is 2. The van der Waals surface area contributed by atoms with Gasteiger partial charge >= 0.3 is 5.97 Å². The minimum Gasteiger partial charge on any atom is -0.477 e. The Morgan fingerprint density at radius 2 is 2.10 bits per heavy atom. The average Bonchev–Trinajstić information content (AvgIpc) is 3.06. The van der Waals surface area contributed by atoms with Gasteiger partial charge in [-0.3, -0.25) is 14.3 Å². The van der Waals surface area contributed by atoms with E-state index in [1.807, 2.05) is 13.8 Å². The quantitative estimate of drug-likeness (QED) is 0.510. The average molecular weight is 414 g/mol. The maximum atomic E-state index is 12.8. The summed E-state index contributed by atoms with van der Waals surface area (Å²) < 4.78 is 12.0. The van der Waals surface area contributed by atoms with Crippen molar-refractivity contribution < 1.29 is 14.3 Å². The van der Waals surface area contributed by atoms with Gasteiger partial charge in [0, 0.05) is 7.05 Å². The number of carbonyl (C=O) groups excluding carboxylic acids is 1. The molecule has 0 fully saturated rings. The molecule has 160 valence electrons. The van der Waals surface area contributed by atoms with Crippen molar-refractivity contribution in [2.75, 3.05) is 25.6 Å². The lowest BCUT2D eigenvalue weighted by Gasteiger charge is -2.12. The van der Waals surface area contributed by atoms with Crippen molar-refractivity contribution in [1.82, 2.24) is 24.7 Å². The SMILES string of the molecule is CCCOc1ncc(NCC(=O)OC)cc1-c1nc2c(CCC)nn(C)c2c(=O)[nH]1. The number of rotatable bonds is 9. The molecule has 2 N–H and O–H groups in total. The van der Waals surface area contributed by atoms with E-state index >= 15 is 0 Å². The summed E-state index contributed by atoms with van der Waals surface area (Å²) in [6.07, 6.45) is 3.96. The fourth-order valence-electron chi connectivity index (χ4n) is 3.06. The number of fused-ring (bicyclic) bond motifs is 1. The van der Waals surface area contributed by atoms with E-state index in [9.17, 15) is 9.59 Å². The van der Waals surface area contributed by atoms with Crippen LogP contribution in [0.3, 0.4) is 0 Å². The van der Waals surface area contributed by atoms with Gasteiger partial charge in [-0.05, 0) is 18.9 Å². The van der Waals surface area contributed by atoms with Gasteiger partial charge < -0.3 is 19.8 Å². The molecule has 0 aliphatic rings. The van der Waals surface area contributed by atoms with Crippen molar-refractivity contribution in [2.24, 2.45) is 7.05 Å². The van der Waals surface area contributed by atoms with Crippen molar-refractivity contribution >= 4 is 22.7 Å². The summed E-state index contributed by atoms with van der Waals surface area (Å²) in [7, 11) is 3.05. The number of H-pyrrole nitrogens is 1. The zero-order valence-electron chi connectivity index (χ0n) is 17.6. The highest BCUT2D eigenvalue weighted by Crippen LogP contribution is 2.29. The Kier molecular flexibility index (Phi) is 6.65. The summed E-state index contributed by atoms with van der Waals surface area (Å²) in [5.74, 6) is 0.275. The number of aromatic amines is 1. The van der Waals surface area contributed by atoms with Crippen molar-refractivity contribution in [2.45, 2.75) is 33.1 Å². The van der Waals surface area contributed by atoms with E-state index in [4.69, 9.17) is 4.74 Å². The molecule has 0 saturated carbocycles. The number of hydrogen-bond acceptors (Lipinski definition) is 8. The van der Waals surface area contributed by atoms with E-state index in [2.05, 4.69) is 30.1 Å². The van der Waals surface area contributed by atoms with Gasteiger partial charge in [-0.15, -0.1) is 0 Å². The highest BCUT2D eigenvalue weighted by atomic mass is 16.5. The first-order chi connectivity index (χ1) is 14.5. The van der Waals surface area contributed by atoms with Gasteiger partial charge in [0.05, 0.1) is 36.9 Å². The summed E-state index contributed by atoms with van der Waals surface area (Å²) in [5, 5.41) is 7.39. The molecule has 0 aromatic carbocycles. The number of anilines is 1. The molecular weight excluding hydrogens is 388 g/mol. The first-order valence-electron chi connectivity index (χ1n) is 9.88. The van der Waals surface area contributed by atoms with Crippen LogP contribution in [0.5, 0.6) is 5.88 Å². The molecule has 0 atom stereocenters. The summed E-state index contributed by atoms with van der Waals surface area (Å²) >= 11 is 0. The smallest absolute Gasteiger partial charge is 0.325 e. The van der Waals surface area contributed by atoms with E-state index in [0.29, 0.717) is 47.0 Å². The molecule has 3 heterocycles. The number of methoxy groups -OCH3 is 1. The summed E-state index contributed by atoms with van der Waals surface area (Å²) in [6, 6.07) is 1.74. The largest absolute Gasteiger partial charge is 0.477 e. The number of nitrogens with one attached hydrogen (secondary N) is 2. The molecule has 3 rings (SSSR count). The third-order valence-electron chi connectivity index (χ3n) is 4.46. The van der Waals surface area contributed by atoms with E-state index < -0.39 is 5.97 Å². The molecule has 30 heavy (non-hydrogen) atoms. The van der Waals surface area contributed by atoms with Crippen LogP contribution in [0.2, 0.25) is 0 Å². The van der Waals surface area contributed by atoms with Gasteiger partial charge in [-0.1, -0.05) is 20.3 Å². The zero-order valence-corrected chi connectivity index (χ0v) is 17.6. The van der Waals surface area contributed by atoms with Crippen molar-refractivity contribution in [3.8, 4) is 17.3 Å². The molecule has 3 aromatic heterocycles. The molecule has 0 unspecified atom stereocenters.